The molecule has 140 valence electrons. The number of ether oxygens (including phenoxy) is 1. The fourth-order valence-electron chi connectivity index (χ4n) is 3.21. The molecule has 0 bridgehead atoms. The van der Waals surface area contributed by atoms with E-state index in [2.05, 4.69) is 12.1 Å². The number of amides is 1. The average Bonchev–Trinajstić information content (AvgIpc) is 3.02. The van der Waals surface area contributed by atoms with Crippen LogP contribution in [0.3, 0.4) is 0 Å². The number of halogens is 2. The van der Waals surface area contributed by atoms with Crippen LogP contribution in [-0.2, 0) is 4.79 Å². The number of rotatable bonds is 6. The number of carbonyl (C=O) groups is 1. The van der Waals surface area contributed by atoms with Gasteiger partial charge in [0.1, 0.15) is 5.75 Å². The molecule has 2 atom stereocenters. The zero-order valence-corrected chi connectivity index (χ0v) is 16.1. The molecule has 1 aliphatic heterocycles. The first-order chi connectivity index (χ1) is 12.1. The molecule has 2 aromatic rings. The average molecular weight is 395 g/mol. The van der Waals surface area contributed by atoms with Gasteiger partial charge in [0.05, 0.1) is 11.6 Å². The Morgan fingerprint density at radius 2 is 1.81 bits per heavy atom. The van der Waals surface area contributed by atoms with E-state index >= 15 is 0 Å². The van der Waals surface area contributed by atoms with Crippen molar-refractivity contribution < 1.29 is 9.53 Å². The number of para-hydroxylation sites is 1. The molecule has 1 heterocycles. The summed E-state index contributed by atoms with van der Waals surface area (Å²) in [6.07, 6.45) is 1.12. The summed E-state index contributed by atoms with van der Waals surface area (Å²) in [6, 6.07) is 17.5. The van der Waals surface area contributed by atoms with E-state index in [1.165, 1.54) is 5.56 Å². The van der Waals surface area contributed by atoms with Crippen molar-refractivity contribution in [3.05, 3.63) is 65.2 Å². The highest BCUT2D eigenvalue weighted by Gasteiger charge is 2.33. The Labute approximate surface area is 165 Å². The molecule has 1 amide bonds. The minimum absolute atomic E-state index is 0. The molecule has 26 heavy (non-hydrogen) atoms. The van der Waals surface area contributed by atoms with Gasteiger partial charge in [-0.2, -0.15) is 0 Å². The van der Waals surface area contributed by atoms with Crippen LogP contribution in [0, 0.1) is 0 Å². The maximum Gasteiger partial charge on any atom is 0.222 e. The normalized spacial score (nSPS) is 19.1. The Kier molecular flexibility index (Phi) is 7.76. The molecule has 0 aromatic heterocycles. The number of benzene rings is 2. The standard InChI is InChI=1S/C20H23ClN2O2.ClH/c21-17-9-4-5-10-19(17)25-12-6-11-20(24)23-13-16(18(22)14-23)15-7-2-1-3-8-15;/h1-5,7-10,16,18H,6,11-14,22H2;1H/t16-,18+;/m0./s1. The summed E-state index contributed by atoms with van der Waals surface area (Å²) in [7, 11) is 0. The first-order valence-corrected chi connectivity index (χ1v) is 8.98. The molecule has 0 spiro atoms. The van der Waals surface area contributed by atoms with Crippen LogP contribution >= 0.6 is 24.0 Å². The molecule has 4 nitrogen and oxygen atoms in total. The lowest BCUT2D eigenvalue weighted by molar-refractivity contribution is -0.130. The summed E-state index contributed by atoms with van der Waals surface area (Å²) < 4.78 is 5.63. The number of hydrogen-bond acceptors (Lipinski definition) is 3. The molecule has 1 aliphatic rings. The van der Waals surface area contributed by atoms with E-state index in [4.69, 9.17) is 22.1 Å². The van der Waals surface area contributed by atoms with Crippen molar-refractivity contribution in [1.82, 2.24) is 4.90 Å². The molecule has 6 heteroatoms. The second-order valence-corrected chi connectivity index (χ2v) is 6.77. The number of nitrogens with zero attached hydrogens (tertiary/aromatic N) is 1. The van der Waals surface area contributed by atoms with Gasteiger partial charge in [0.25, 0.3) is 0 Å². The fraction of sp³-hybridized carbons (Fsp3) is 0.350. The van der Waals surface area contributed by atoms with Crippen LogP contribution in [0.4, 0.5) is 0 Å². The quantitative estimate of drug-likeness (QED) is 0.756. The molecule has 1 saturated heterocycles. The molecule has 0 unspecified atom stereocenters. The first-order valence-electron chi connectivity index (χ1n) is 8.61. The third-order valence-corrected chi connectivity index (χ3v) is 4.89. The minimum Gasteiger partial charge on any atom is -0.492 e. The Bertz CT molecular complexity index is 712. The van der Waals surface area contributed by atoms with Crippen LogP contribution in [0.25, 0.3) is 0 Å². The second kappa shape index (κ2) is 9.81. The Hall–Kier alpha value is -1.75. The highest BCUT2D eigenvalue weighted by molar-refractivity contribution is 6.32. The van der Waals surface area contributed by atoms with Crippen LogP contribution < -0.4 is 10.5 Å². The SMILES string of the molecule is Cl.N[C@@H]1CN(C(=O)CCCOc2ccccc2Cl)C[C@H]1c1ccccc1. The minimum atomic E-state index is -0.00859. The van der Waals surface area contributed by atoms with E-state index < -0.39 is 0 Å². The summed E-state index contributed by atoms with van der Waals surface area (Å²) in [5.41, 5.74) is 7.45. The molecular weight excluding hydrogens is 371 g/mol. The van der Waals surface area contributed by atoms with Gasteiger partial charge in [0.2, 0.25) is 5.91 Å². The van der Waals surface area contributed by atoms with Gasteiger partial charge in [-0.1, -0.05) is 54.1 Å². The summed E-state index contributed by atoms with van der Waals surface area (Å²) in [5.74, 6) is 1.00. The molecule has 2 aromatic carbocycles. The molecule has 2 N–H and O–H groups in total. The number of carbonyl (C=O) groups excluding carboxylic acids is 1. The number of hydrogen-bond donors (Lipinski definition) is 1. The molecule has 0 saturated carbocycles. The first kappa shape index (κ1) is 20.6. The molecule has 0 radical (unpaired) electrons. The van der Waals surface area contributed by atoms with Crippen molar-refractivity contribution >= 4 is 29.9 Å². The predicted octanol–water partition coefficient (Wildman–Crippen LogP) is 3.87. The van der Waals surface area contributed by atoms with Crippen LogP contribution in [0.5, 0.6) is 5.75 Å². The van der Waals surface area contributed by atoms with Gasteiger partial charge in [-0.3, -0.25) is 4.79 Å². The highest BCUT2D eigenvalue weighted by atomic mass is 35.5. The van der Waals surface area contributed by atoms with E-state index in [-0.39, 0.29) is 30.3 Å². The maximum absolute atomic E-state index is 12.4. The van der Waals surface area contributed by atoms with Crippen molar-refractivity contribution in [2.75, 3.05) is 19.7 Å². The Morgan fingerprint density at radius 3 is 2.54 bits per heavy atom. The van der Waals surface area contributed by atoms with E-state index in [1.807, 2.05) is 41.3 Å². The van der Waals surface area contributed by atoms with Crippen LogP contribution in [-0.4, -0.2) is 36.5 Å². The molecular formula is C20H24Cl2N2O2. The van der Waals surface area contributed by atoms with E-state index in [9.17, 15) is 4.79 Å². The zero-order valence-electron chi connectivity index (χ0n) is 14.5. The van der Waals surface area contributed by atoms with Crippen molar-refractivity contribution in [2.24, 2.45) is 5.73 Å². The predicted molar refractivity (Wildman–Crippen MR) is 107 cm³/mol. The lowest BCUT2D eigenvalue weighted by Crippen LogP contribution is -2.32. The Balaban J connectivity index is 0.00000243. The van der Waals surface area contributed by atoms with Crippen molar-refractivity contribution in [3.63, 3.8) is 0 Å². The van der Waals surface area contributed by atoms with E-state index in [0.717, 1.165) is 0 Å². The van der Waals surface area contributed by atoms with Crippen LogP contribution in [0.1, 0.15) is 24.3 Å². The van der Waals surface area contributed by atoms with Gasteiger partial charge >= 0.3 is 0 Å². The number of likely N-dealkylation sites (tertiary alicyclic amines) is 1. The summed E-state index contributed by atoms with van der Waals surface area (Å²) in [6.45, 7) is 1.77. The van der Waals surface area contributed by atoms with Gasteiger partial charge in [-0.15, -0.1) is 12.4 Å². The third-order valence-electron chi connectivity index (χ3n) is 4.57. The van der Waals surface area contributed by atoms with E-state index in [1.54, 1.807) is 6.07 Å². The molecule has 1 fully saturated rings. The fourth-order valence-corrected chi connectivity index (χ4v) is 3.40. The third kappa shape index (κ3) is 5.13. The van der Waals surface area contributed by atoms with E-state index in [0.29, 0.717) is 43.3 Å². The van der Waals surface area contributed by atoms with Crippen molar-refractivity contribution in [2.45, 2.75) is 24.8 Å². The summed E-state index contributed by atoms with van der Waals surface area (Å²) >= 11 is 6.05. The lowest BCUT2D eigenvalue weighted by Gasteiger charge is -2.16. The van der Waals surface area contributed by atoms with Gasteiger partial charge in [0.15, 0.2) is 0 Å². The summed E-state index contributed by atoms with van der Waals surface area (Å²) in [4.78, 5) is 14.3. The maximum atomic E-state index is 12.4. The molecule has 0 aliphatic carbocycles. The van der Waals surface area contributed by atoms with Crippen molar-refractivity contribution in [1.29, 1.82) is 0 Å². The van der Waals surface area contributed by atoms with Crippen molar-refractivity contribution in [3.8, 4) is 5.75 Å². The van der Waals surface area contributed by atoms with Gasteiger partial charge in [-0.05, 0) is 24.1 Å². The van der Waals surface area contributed by atoms with Crippen LogP contribution in [0.15, 0.2) is 54.6 Å². The Morgan fingerprint density at radius 1 is 1.12 bits per heavy atom. The highest BCUT2D eigenvalue weighted by Crippen LogP contribution is 2.27. The van der Waals surface area contributed by atoms with Gasteiger partial charge in [0, 0.05) is 31.5 Å². The van der Waals surface area contributed by atoms with Gasteiger partial charge in [-0.25, -0.2) is 0 Å². The van der Waals surface area contributed by atoms with Gasteiger partial charge < -0.3 is 15.4 Å². The topological polar surface area (TPSA) is 55.6 Å². The lowest BCUT2D eigenvalue weighted by atomic mass is 9.95. The van der Waals surface area contributed by atoms with Crippen LogP contribution in [0.2, 0.25) is 5.02 Å². The summed E-state index contributed by atoms with van der Waals surface area (Å²) in [5, 5.41) is 0.588. The largest absolute Gasteiger partial charge is 0.492 e. The smallest absolute Gasteiger partial charge is 0.222 e. The second-order valence-electron chi connectivity index (χ2n) is 6.36. The number of nitrogens with two attached hydrogens (primary N) is 1. The monoisotopic (exact) mass is 394 g/mol. The zero-order chi connectivity index (χ0) is 17.6. The molecule has 3 rings (SSSR count).